The van der Waals surface area contributed by atoms with E-state index in [-0.39, 0.29) is 30.0 Å². The van der Waals surface area contributed by atoms with Crippen LogP contribution in [0.25, 0.3) is 0 Å². The number of nitrogens with one attached hydrogen (secondary N) is 2. The van der Waals surface area contributed by atoms with Crippen molar-refractivity contribution in [2.24, 2.45) is 5.92 Å². The van der Waals surface area contributed by atoms with Crippen molar-refractivity contribution >= 4 is 40.6 Å². The first-order valence-electron chi connectivity index (χ1n) is 8.47. The Morgan fingerprint density at radius 1 is 1.42 bits per heavy atom. The SMILES string of the molecule is CNCC1CCCN(C(=O)c2sc(NC(=O)c3ccco3)cc2C)C1.Cl. The van der Waals surface area contributed by atoms with Gasteiger partial charge >= 0.3 is 0 Å². The molecule has 1 saturated heterocycles. The number of hydrogen-bond acceptors (Lipinski definition) is 5. The van der Waals surface area contributed by atoms with Crippen molar-refractivity contribution in [2.45, 2.75) is 19.8 Å². The van der Waals surface area contributed by atoms with Crippen molar-refractivity contribution in [3.8, 4) is 0 Å². The number of piperidine rings is 1. The topological polar surface area (TPSA) is 74.6 Å². The highest BCUT2D eigenvalue weighted by Gasteiger charge is 2.26. The van der Waals surface area contributed by atoms with Gasteiger partial charge < -0.3 is 20.0 Å². The van der Waals surface area contributed by atoms with E-state index in [4.69, 9.17) is 4.42 Å². The van der Waals surface area contributed by atoms with Crippen LogP contribution in [-0.2, 0) is 0 Å². The van der Waals surface area contributed by atoms with Gasteiger partial charge in [-0.1, -0.05) is 0 Å². The first kappa shape index (κ1) is 20.5. The van der Waals surface area contributed by atoms with Gasteiger partial charge in [0.1, 0.15) is 0 Å². The lowest BCUT2D eigenvalue weighted by Gasteiger charge is -2.32. The highest BCUT2D eigenvalue weighted by atomic mass is 35.5. The number of halogens is 1. The minimum Gasteiger partial charge on any atom is -0.459 e. The Morgan fingerprint density at radius 2 is 2.23 bits per heavy atom. The summed E-state index contributed by atoms with van der Waals surface area (Å²) in [5.41, 5.74) is 0.889. The first-order valence-corrected chi connectivity index (χ1v) is 9.29. The Kier molecular flexibility index (Phi) is 7.25. The molecule has 0 aliphatic carbocycles. The third kappa shape index (κ3) is 4.66. The van der Waals surface area contributed by atoms with Crippen LogP contribution < -0.4 is 10.6 Å². The lowest BCUT2D eigenvalue weighted by molar-refractivity contribution is 0.0678. The minimum atomic E-state index is -0.308. The number of furan rings is 1. The van der Waals surface area contributed by atoms with Gasteiger partial charge in [-0.05, 0) is 63.0 Å². The number of anilines is 1. The number of carbonyl (C=O) groups excluding carboxylic acids is 2. The molecule has 3 heterocycles. The smallest absolute Gasteiger partial charge is 0.291 e. The summed E-state index contributed by atoms with van der Waals surface area (Å²) in [6, 6.07) is 5.12. The van der Waals surface area contributed by atoms with Crippen molar-refractivity contribution in [3.63, 3.8) is 0 Å². The van der Waals surface area contributed by atoms with Crippen LogP contribution in [-0.4, -0.2) is 43.4 Å². The Bertz CT molecular complexity index is 743. The highest BCUT2D eigenvalue weighted by Crippen LogP contribution is 2.29. The number of thiophene rings is 1. The predicted molar refractivity (Wildman–Crippen MR) is 106 cm³/mol. The van der Waals surface area contributed by atoms with Gasteiger partial charge in [-0.3, -0.25) is 9.59 Å². The average molecular weight is 398 g/mol. The van der Waals surface area contributed by atoms with Crippen LogP contribution in [0.1, 0.15) is 38.6 Å². The number of amides is 2. The van der Waals surface area contributed by atoms with E-state index in [1.165, 1.54) is 17.6 Å². The molecule has 2 aromatic heterocycles. The van der Waals surface area contributed by atoms with E-state index in [0.29, 0.717) is 15.8 Å². The summed E-state index contributed by atoms with van der Waals surface area (Å²) >= 11 is 1.32. The van der Waals surface area contributed by atoms with Crippen molar-refractivity contribution in [1.29, 1.82) is 0 Å². The Labute approximate surface area is 163 Å². The second kappa shape index (κ2) is 9.21. The molecule has 1 fully saturated rings. The summed E-state index contributed by atoms with van der Waals surface area (Å²) in [5.74, 6) is 0.505. The van der Waals surface area contributed by atoms with E-state index in [1.54, 1.807) is 12.1 Å². The second-order valence-electron chi connectivity index (χ2n) is 6.37. The molecular weight excluding hydrogens is 374 g/mol. The number of hydrogen-bond donors (Lipinski definition) is 2. The van der Waals surface area contributed by atoms with Crippen LogP contribution in [0.5, 0.6) is 0 Å². The quantitative estimate of drug-likeness (QED) is 0.810. The van der Waals surface area contributed by atoms with Gasteiger partial charge in [0.2, 0.25) is 0 Å². The fourth-order valence-electron chi connectivity index (χ4n) is 3.19. The van der Waals surface area contributed by atoms with Crippen LogP contribution in [0.2, 0.25) is 0 Å². The molecule has 6 nitrogen and oxygen atoms in total. The fourth-order valence-corrected chi connectivity index (χ4v) is 4.22. The van der Waals surface area contributed by atoms with Crippen LogP contribution in [0.15, 0.2) is 28.9 Å². The minimum absolute atomic E-state index is 0. The third-order valence-electron chi connectivity index (χ3n) is 4.39. The molecule has 2 amide bonds. The molecule has 0 spiro atoms. The van der Waals surface area contributed by atoms with Crippen LogP contribution >= 0.6 is 23.7 Å². The van der Waals surface area contributed by atoms with Gasteiger partial charge in [0.05, 0.1) is 16.1 Å². The van der Waals surface area contributed by atoms with Crippen molar-refractivity contribution < 1.29 is 14.0 Å². The number of carbonyl (C=O) groups is 2. The summed E-state index contributed by atoms with van der Waals surface area (Å²) in [4.78, 5) is 27.6. The van der Waals surface area contributed by atoms with Gasteiger partial charge in [-0.25, -0.2) is 0 Å². The van der Waals surface area contributed by atoms with Crippen LogP contribution in [0, 0.1) is 12.8 Å². The third-order valence-corrected chi connectivity index (χ3v) is 5.53. The largest absolute Gasteiger partial charge is 0.459 e. The molecule has 2 aromatic rings. The van der Waals surface area contributed by atoms with Gasteiger partial charge in [-0.15, -0.1) is 23.7 Å². The molecule has 2 N–H and O–H groups in total. The van der Waals surface area contributed by atoms with E-state index in [2.05, 4.69) is 10.6 Å². The number of aryl methyl sites for hydroxylation is 1. The van der Waals surface area contributed by atoms with E-state index < -0.39 is 0 Å². The van der Waals surface area contributed by atoms with Crippen LogP contribution in [0.4, 0.5) is 5.00 Å². The highest BCUT2D eigenvalue weighted by molar-refractivity contribution is 7.18. The lowest BCUT2D eigenvalue weighted by atomic mass is 9.98. The predicted octanol–water partition coefficient (Wildman–Crippen LogP) is 3.40. The van der Waals surface area contributed by atoms with Gasteiger partial charge in [0.25, 0.3) is 11.8 Å². The molecule has 142 valence electrons. The van der Waals surface area contributed by atoms with Crippen molar-refractivity contribution in [2.75, 3.05) is 32.0 Å². The van der Waals surface area contributed by atoms with E-state index >= 15 is 0 Å². The molecular formula is C18H24ClN3O3S. The normalized spacial score (nSPS) is 16.8. The zero-order chi connectivity index (χ0) is 17.8. The van der Waals surface area contributed by atoms with E-state index in [0.717, 1.165) is 38.0 Å². The van der Waals surface area contributed by atoms with Gasteiger partial charge in [-0.2, -0.15) is 0 Å². The second-order valence-corrected chi connectivity index (χ2v) is 7.42. The standard InChI is InChI=1S/C18H23N3O3S.ClH/c1-12-9-15(20-17(22)14-6-4-8-24-14)25-16(12)18(23)21-7-3-5-13(11-21)10-19-2;/h4,6,8-9,13,19H,3,5,7,10-11H2,1-2H3,(H,20,22);1H. The van der Waals surface area contributed by atoms with E-state index in [9.17, 15) is 9.59 Å². The zero-order valence-corrected chi connectivity index (χ0v) is 16.5. The molecule has 1 unspecified atom stereocenters. The van der Waals surface area contributed by atoms with Crippen molar-refractivity contribution in [3.05, 3.63) is 40.7 Å². The number of likely N-dealkylation sites (tertiary alicyclic amines) is 1. The van der Waals surface area contributed by atoms with E-state index in [1.807, 2.05) is 24.9 Å². The maximum atomic E-state index is 12.9. The summed E-state index contributed by atoms with van der Waals surface area (Å²) in [6.07, 6.45) is 3.64. The number of nitrogens with zero attached hydrogens (tertiary/aromatic N) is 1. The van der Waals surface area contributed by atoms with Crippen molar-refractivity contribution in [1.82, 2.24) is 10.2 Å². The molecule has 1 atom stereocenters. The summed E-state index contributed by atoms with van der Waals surface area (Å²) in [5, 5.41) is 6.65. The summed E-state index contributed by atoms with van der Waals surface area (Å²) < 4.78 is 5.09. The Hall–Kier alpha value is -1.83. The molecule has 0 radical (unpaired) electrons. The van der Waals surface area contributed by atoms with Crippen LogP contribution in [0.3, 0.4) is 0 Å². The first-order chi connectivity index (χ1) is 12.1. The molecule has 26 heavy (non-hydrogen) atoms. The van der Waals surface area contributed by atoms with Gasteiger partial charge in [0.15, 0.2) is 5.76 Å². The summed E-state index contributed by atoms with van der Waals surface area (Å²) in [6.45, 7) is 4.41. The maximum absolute atomic E-state index is 12.9. The fraction of sp³-hybridized carbons (Fsp3) is 0.444. The molecule has 1 aliphatic heterocycles. The molecule has 0 saturated carbocycles. The molecule has 1 aliphatic rings. The Morgan fingerprint density at radius 3 is 2.92 bits per heavy atom. The summed E-state index contributed by atoms with van der Waals surface area (Å²) in [7, 11) is 1.94. The monoisotopic (exact) mass is 397 g/mol. The average Bonchev–Trinajstić information content (AvgIpc) is 3.25. The zero-order valence-electron chi connectivity index (χ0n) is 14.9. The molecule has 0 bridgehead atoms. The maximum Gasteiger partial charge on any atom is 0.291 e. The lowest BCUT2D eigenvalue weighted by Crippen LogP contribution is -2.42. The molecule has 8 heteroatoms. The van der Waals surface area contributed by atoms with Gasteiger partial charge in [0, 0.05) is 13.1 Å². The molecule has 3 rings (SSSR count). The number of rotatable bonds is 5. The molecule has 0 aromatic carbocycles. The Balaban J connectivity index is 0.00000243.